The molecule has 1 heterocycles. The Balaban J connectivity index is 1.90. The molecule has 25 heavy (non-hydrogen) atoms. The summed E-state index contributed by atoms with van der Waals surface area (Å²) >= 11 is 0. The molecule has 2 unspecified atom stereocenters. The lowest BCUT2D eigenvalue weighted by Crippen LogP contribution is -2.44. The number of benzene rings is 1. The van der Waals surface area contributed by atoms with Gasteiger partial charge in [0.1, 0.15) is 0 Å². The van der Waals surface area contributed by atoms with E-state index in [9.17, 15) is 5.11 Å². The van der Waals surface area contributed by atoms with Crippen LogP contribution in [-0.4, -0.2) is 56.7 Å². The second-order valence-electron chi connectivity index (χ2n) is 6.03. The highest BCUT2D eigenvalue weighted by molar-refractivity contribution is 5.80. The Morgan fingerprint density at radius 2 is 2.32 bits per heavy atom. The first-order valence-corrected chi connectivity index (χ1v) is 8.73. The van der Waals surface area contributed by atoms with Crippen LogP contribution in [0.15, 0.2) is 23.2 Å². The van der Waals surface area contributed by atoms with Crippen LogP contribution < -0.4 is 15.4 Å². The number of guanidine groups is 1. The second kappa shape index (κ2) is 10.1. The van der Waals surface area contributed by atoms with Gasteiger partial charge in [0.25, 0.3) is 0 Å². The Morgan fingerprint density at radius 1 is 1.48 bits per heavy atom. The highest BCUT2D eigenvalue weighted by Crippen LogP contribution is 2.29. The number of aliphatic imine (C=N–C) groups is 1. The monoisotopic (exact) mass is 351 g/mol. The molecule has 7 heteroatoms. The number of rotatable bonds is 8. The van der Waals surface area contributed by atoms with Crippen molar-refractivity contribution in [3.63, 3.8) is 0 Å². The van der Waals surface area contributed by atoms with Crippen molar-refractivity contribution >= 4 is 5.96 Å². The van der Waals surface area contributed by atoms with Crippen molar-refractivity contribution in [2.24, 2.45) is 4.99 Å². The number of nitrogens with one attached hydrogen (secondary N) is 2. The summed E-state index contributed by atoms with van der Waals surface area (Å²) in [5.41, 5.74) is 0.712. The summed E-state index contributed by atoms with van der Waals surface area (Å²) in [6.07, 6.45) is 1.15. The van der Waals surface area contributed by atoms with Gasteiger partial charge in [-0.05, 0) is 26.3 Å². The van der Waals surface area contributed by atoms with Gasteiger partial charge in [0.05, 0.1) is 33.0 Å². The summed E-state index contributed by atoms with van der Waals surface area (Å²) in [4.78, 5) is 4.54. The van der Waals surface area contributed by atoms with Crippen molar-refractivity contribution in [2.75, 3.05) is 33.5 Å². The average Bonchev–Trinajstić information content (AvgIpc) is 3.12. The van der Waals surface area contributed by atoms with E-state index in [0.29, 0.717) is 37.0 Å². The standard InChI is InChI=1S/C18H29N3O4/c1-4-19-18(21-13(2)11-25-15-8-9-24-12-15)20-10-14-6-5-7-16(23-3)17(14)22/h5-7,13,15,22H,4,8-12H2,1-3H3,(H2,19,20,21). The van der Waals surface area contributed by atoms with Gasteiger partial charge in [-0.25, -0.2) is 4.99 Å². The number of hydrogen-bond donors (Lipinski definition) is 3. The quantitative estimate of drug-likeness (QED) is 0.488. The molecule has 1 fully saturated rings. The number of methoxy groups -OCH3 is 1. The second-order valence-corrected chi connectivity index (χ2v) is 6.03. The molecule has 140 valence electrons. The first-order valence-electron chi connectivity index (χ1n) is 8.73. The van der Waals surface area contributed by atoms with Crippen LogP contribution in [0.1, 0.15) is 25.8 Å². The number of nitrogens with zero attached hydrogens (tertiary/aromatic N) is 1. The van der Waals surface area contributed by atoms with E-state index in [1.165, 1.54) is 7.11 Å². The number of ether oxygens (including phenoxy) is 3. The zero-order valence-corrected chi connectivity index (χ0v) is 15.2. The molecule has 0 radical (unpaired) electrons. The third-order valence-corrected chi connectivity index (χ3v) is 3.91. The Labute approximate surface area is 149 Å². The van der Waals surface area contributed by atoms with E-state index >= 15 is 0 Å². The maximum atomic E-state index is 10.2. The van der Waals surface area contributed by atoms with Gasteiger partial charge in [-0.3, -0.25) is 0 Å². The highest BCUT2D eigenvalue weighted by Gasteiger charge is 2.17. The lowest BCUT2D eigenvalue weighted by molar-refractivity contribution is 0.0347. The van der Waals surface area contributed by atoms with Gasteiger partial charge in [-0.1, -0.05) is 12.1 Å². The number of phenolic OH excluding ortho intramolecular Hbond substituents is 1. The molecule has 0 aromatic heterocycles. The molecular weight excluding hydrogens is 322 g/mol. The number of aromatic hydroxyl groups is 1. The van der Waals surface area contributed by atoms with E-state index in [1.54, 1.807) is 6.07 Å². The molecule has 0 spiro atoms. The first-order chi connectivity index (χ1) is 12.1. The van der Waals surface area contributed by atoms with Crippen molar-refractivity contribution in [1.29, 1.82) is 0 Å². The summed E-state index contributed by atoms with van der Waals surface area (Å²) < 4.78 is 16.3. The Hall–Kier alpha value is -1.99. The van der Waals surface area contributed by atoms with Crippen molar-refractivity contribution in [2.45, 2.75) is 39.0 Å². The number of hydrogen-bond acceptors (Lipinski definition) is 5. The SMILES string of the molecule is CCNC(=NCc1cccc(OC)c1O)NC(C)COC1CCOC1. The zero-order valence-electron chi connectivity index (χ0n) is 15.2. The van der Waals surface area contributed by atoms with Crippen LogP contribution in [0.2, 0.25) is 0 Å². The summed E-state index contributed by atoms with van der Waals surface area (Å²) in [6, 6.07) is 5.50. The molecule has 0 aliphatic carbocycles. The summed E-state index contributed by atoms with van der Waals surface area (Å²) in [5.74, 6) is 1.26. The van der Waals surface area contributed by atoms with Crippen LogP contribution in [0.3, 0.4) is 0 Å². The summed E-state index contributed by atoms with van der Waals surface area (Å²) in [7, 11) is 1.53. The van der Waals surface area contributed by atoms with Crippen LogP contribution in [0, 0.1) is 0 Å². The first kappa shape index (κ1) is 19.3. The maximum absolute atomic E-state index is 10.2. The number of para-hydroxylation sites is 1. The van der Waals surface area contributed by atoms with Gasteiger partial charge in [0.2, 0.25) is 0 Å². The third-order valence-electron chi connectivity index (χ3n) is 3.91. The van der Waals surface area contributed by atoms with Gasteiger partial charge < -0.3 is 30.0 Å². The predicted molar refractivity (Wildman–Crippen MR) is 97.2 cm³/mol. The topological polar surface area (TPSA) is 84.3 Å². The normalized spacial score (nSPS) is 18.8. The van der Waals surface area contributed by atoms with E-state index in [2.05, 4.69) is 15.6 Å². The smallest absolute Gasteiger partial charge is 0.191 e. The Kier molecular flexibility index (Phi) is 7.81. The van der Waals surface area contributed by atoms with Crippen LogP contribution in [0.5, 0.6) is 11.5 Å². The maximum Gasteiger partial charge on any atom is 0.191 e. The largest absolute Gasteiger partial charge is 0.504 e. The fraction of sp³-hybridized carbons (Fsp3) is 0.611. The number of phenols is 1. The molecule has 1 aliphatic rings. The van der Waals surface area contributed by atoms with Gasteiger partial charge >= 0.3 is 0 Å². The highest BCUT2D eigenvalue weighted by atomic mass is 16.5. The molecular formula is C18H29N3O4. The van der Waals surface area contributed by atoms with Crippen LogP contribution in [0.25, 0.3) is 0 Å². The van der Waals surface area contributed by atoms with Gasteiger partial charge in [0.15, 0.2) is 17.5 Å². The Bertz CT molecular complexity index is 559. The van der Waals surface area contributed by atoms with E-state index in [1.807, 2.05) is 26.0 Å². The molecule has 2 rings (SSSR count). The van der Waals surface area contributed by atoms with E-state index in [4.69, 9.17) is 14.2 Å². The molecule has 0 saturated carbocycles. The fourth-order valence-corrected chi connectivity index (χ4v) is 2.54. The predicted octanol–water partition coefficient (Wildman–Crippen LogP) is 1.65. The van der Waals surface area contributed by atoms with Crippen molar-refractivity contribution in [3.8, 4) is 11.5 Å². The summed E-state index contributed by atoms with van der Waals surface area (Å²) in [6.45, 7) is 7.20. The van der Waals surface area contributed by atoms with Gasteiger partial charge in [-0.15, -0.1) is 0 Å². The molecule has 0 amide bonds. The minimum atomic E-state index is 0.109. The Morgan fingerprint density at radius 3 is 3.00 bits per heavy atom. The minimum absolute atomic E-state index is 0.109. The molecule has 1 aliphatic heterocycles. The van der Waals surface area contributed by atoms with Crippen LogP contribution >= 0.6 is 0 Å². The van der Waals surface area contributed by atoms with E-state index in [-0.39, 0.29) is 17.9 Å². The molecule has 2 atom stereocenters. The molecule has 1 aromatic rings. The van der Waals surface area contributed by atoms with Gasteiger partial charge in [0, 0.05) is 24.8 Å². The molecule has 3 N–H and O–H groups in total. The van der Waals surface area contributed by atoms with Gasteiger partial charge in [-0.2, -0.15) is 0 Å². The van der Waals surface area contributed by atoms with Crippen molar-refractivity contribution in [1.82, 2.24) is 10.6 Å². The third kappa shape index (κ3) is 6.10. The van der Waals surface area contributed by atoms with Crippen molar-refractivity contribution in [3.05, 3.63) is 23.8 Å². The lowest BCUT2D eigenvalue weighted by atomic mass is 10.2. The molecule has 1 aromatic carbocycles. The molecule has 1 saturated heterocycles. The molecule has 0 bridgehead atoms. The fourth-order valence-electron chi connectivity index (χ4n) is 2.54. The van der Waals surface area contributed by atoms with E-state index in [0.717, 1.165) is 19.6 Å². The molecule has 7 nitrogen and oxygen atoms in total. The minimum Gasteiger partial charge on any atom is -0.504 e. The van der Waals surface area contributed by atoms with Crippen LogP contribution in [0.4, 0.5) is 0 Å². The lowest BCUT2D eigenvalue weighted by Gasteiger charge is -2.19. The van der Waals surface area contributed by atoms with E-state index < -0.39 is 0 Å². The summed E-state index contributed by atoms with van der Waals surface area (Å²) in [5, 5.41) is 16.7. The average molecular weight is 351 g/mol. The van der Waals surface area contributed by atoms with Crippen LogP contribution in [-0.2, 0) is 16.0 Å². The zero-order chi connectivity index (χ0) is 18.1. The van der Waals surface area contributed by atoms with Crippen molar-refractivity contribution < 1.29 is 19.3 Å².